The summed E-state index contributed by atoms with van der Waals surface area (Å²) < 4.78 is 14.2. The summed E-state index contributed by atoms with van der Waals surface area (Å²) in [6.07, 6.45) is 3.48. The highest BCUT2D eigenvalue weighted by atomic mass is 16.5. The first-order chi connectivity index (χ1) is 12.5. The molecule has 0 saturated heterocycles. The topological polar surface area (TPSA) is 74.6 Å². The van der Waals surface area contributed by atoms with Crippen LogP contribution in [-0.2, 0) is 6.54 Å². The average Bonchev–Trinajstić information content (AvgIpc) is 3.20. The Morgan fingerprint density at radius 2 is 1.92 bits per heavy atom. The van der Waals surface area contributed by atoms with Gasteiger partial charge in [-0.1, -0.05) is 0 Å². The molecule has 4 aromatic rings. The summed E-state index contributed by atoms with van der Waals surface area (Å²) in [7, 11) is 1.62. The number of hydrogen-bond acceptors (Lipinski definition) is 5. The molecule has 132 valence electrons. The van der Waals surface area contributed by atoms with E-state index < -0.39 is 0 Å². The Labute approximate surface area is 149 Å². The number of fused-ring (bicyclic) bond motifs is 1. The lowest BCUT2D eigenvalue weighted by Gasteiger charge is -2.04. The van der Waals surface area contributed by atoms with Crippen molar-refractivity contribution in [2.45, 2.75) is 20.4 Å². The van der Waals surface area contributed by atoms with E-state index in [9.17, 15) is 4.79 Å². The first-order valence-electron chi connectivity index (χ1n) is 8.21. The highest BCUT2D eigenvalue weighted by Crippen LogP contribution is 2.24. The number of nitrogens with zero attached hydrogens (tertiary/aromatic N) is 4. The smallest absolute Gasteiger partial charge is 0.276 e. The minimum Gasteiger partial charge on any atom is -0.497 e. The predicted molar refractivity (Wildman–Crippen MR) is 96.5 cm³/mol. The van der Waals surface area contributed by atoms with E-state index in [1.165, 1.54) is 0 Å². The zero-order chi connectivity index (χ0) is 18.3. The van der Waals surface area contributed by atoms with Crippen LogP contribution < -0.4 is 10.3 Å². The molecule has 3 aromatic heterocycles. The number of hydrogen-bond donors (Lipinski definition) is 0. The minimum absolute atomic E-state index is 0.110. The molecule has 0 unspecified atom stereocenters. The van der Waals surface area contributed by atoms with Gasteiger partial charge in [-0.3, -0.25) is 4.79 Å². The molecule has 0 bridgehead atoms. The molecule has 0 amide bonds. The molecule has 0 aliphatic carbocycles. The number of aryl methyl sites for hydroxylation is 2. The fourth-order valence-electron chi connectivity index (χ4n) is 2.87. The van der Waals surface area contributed by atoms with Crippen molar-refractivity contribution in [1.82, 2.24) is 19.2 Å². The second-order valence-corrected chi connectivity index (χ2v) is 6.10. The molecule has 0 aliphatic rings. The Kier molecular flexibility index (Phi) is 3.84. The van der Waals surface area contributed by atoms with Crippen LogP contribution in [0.2, 0.25) is 0 Å². The summed E-state index contributed by atoms with van der Waals surface area (Å²) in [5, 5.41) is 4.26. The Bertz CT molecular complexity index is 1140. The van der Waals surface area contributed by atoms with Gasteiger partial charge in [0.05, 0.1) is 19.3 Å². The minimum atomic E-state index is -0.110. The second-order valence-electron chi connectivity index (χ2n) is 6.10. The van der Waals surface area contributed by atoms with Gasteiger partial charge in [-0.05, 0) is 44.2 Å². The Balaban J connectivity index is 1.67. The normalized spacial score (nSPS) is 11.2. The molecule has 3 heterocycles. The molecule has 0 saturated carbocycles. The molecule has 0 radical (unpaired) electrons. The van der Waals surface area contributed by atoms with Crippen molar-refractivity contribution < 1.29 is 9.15 Å². The van der Waals surface area contributed by atoms with Crippen molar-refractivity contribution in [1.29, 1.82) is 0 Å². The van der Waals surface area contributed by atoms with E-state index in [4.69, 9.17) is 9.15 Å². The summed E-state index contributed by atoms with van der Waals surface area (Å²) in [4.78, 5) is 17.2. The number of rotatable bonds is 4. The van der Waals surface area contributed by atoms with Crippen LogP contribution in [0, 0.1) is 13.8 Å². The number of oxazole rings is 1. The van der Waals surface area contributed by atoms with Crippen molar-refractivity contribution in [3.63, 3.8) is 0 Å². The molecular weight excluding hydrogens is 332 g/mol. The Morgan fingerprint density at radius 3 is 2.65 bits per heavy atom. The number of ether oxygens (including phenoxy) is 1. The van der Waals surface area contributed by atoms with Crippen LogP contribution in [0.5, 0.6) is 5.75 Å². The van der Waals surface area contributed by atoms with Gasteiger partial charge in [0.2, 0.25) is 5.89 Å². The van der Waals surface area contributed by atoms with Crippen LogP contribution in [0.1, 0.15) is 17.1 Å². The maximum absolute atomic E-state index is 12.6. The van der Waals surface area contributed by atoms with Gasteiger partial charge in [0.25, 0.3) is 5.56 Å². The number of benzene rings is 1. The predicted octanol–water partition coefficient (Wildman–Crippen LogP) is 2.82. The van der Waals surface area contributed by atoms with Gasteiger partial charge in [-0.2, -0.15) is 5.10 Å². The first kappa shape index (κ1) is 16.1. The molecular formula is C19H18N4O3. The van der Waals surface area contributed by atoms with Crippen LogP contribution in [0.25, 0.3) is 17.0 Å². The highest BCUT2D eigenvalue weighted by Gasteiger charge is 2.14. The Hall–Kier alpha value is -3.35. The molecule has 7 heteroatoms. The third kappa shape index (κ3) is 2.77. The standard InChI is InChI=1S/C19H18N4O3/c1-12-10-17-19(24)22(8-9-23(17)21-12)11-16-13(2)26-18(20-16)14-4-6-15(25-3)7-5-14/h4-10H,11H2,1-3H3. The van der Waals surface area contributed by atoms with Gasteiger partial charge in [-0.15, -0.1) is 0 Å². The van der Waals surface area contributed by atoms with Gasteiger partial charge in [-0.25, -0.2) is 9.50 Å². The third-order valence-electron chi connectivity index (χ3n) is 4.28. The largest absolute Gasteiger partial charge is 0.497 e. The zero-order valence-electron chi connectivity index (χ0n) is 14.8. The van der Waals surface area contributed by atoms with Crippen LogP contribution in [0.15, 0.2) is 51.9 Å². The summed E-state index contributed by atoms with van der Waals surface area (Å²) in [6, 6.07) is 9.27. The van der Waals surface area contributed by atoms with Gasteiger partial charge >= 0.3 is 0 Å². The number of aromatic nitrogens is 4. The maximum atomic E-state index is 12.6. The summed E-state index contributed by atoms with van der Waals surface area (Å²) in [6.45, 7) is 4.05. The van der Waals surface area contributed by atoms with Crippen LogP contribution in [-0.4, -0.2) is 26.3 Å². The molecule has 4 rings (SSSR count). The fourth-order valence-corrected chi connectivity index (χ4v) is 2.87. The van der Waals surface area contributed by atoms with Crippen molar-refractivity contribution >= 4 is 5.52 Å². The van der Waals surface area contributed by atoms with Gasteiger partial charge in [0, 0.05) is 18.0 Å². The lowest BCUT2D eigenvalue weighted by molar-refractivity contribution is 0.415. The molecule has 0 fully saturated rings. The molecule has 0 N–H and O–H groups in total. The molecule has 0 atom stereocenters. The summed E-state index contributed by atoms with van der Waals surface area (Å²) in [5.41, 5.74) is 2.81. The Morgan fingerprint density at radius 1 is 1.15 bits per heavy atom. The summed E-state index contributed by atoms with van der Waals surface area (Å²) >= 11 is 0. The van der Waals surface area contributed by atoms with E-state index in [-0.39, 0.29) is 5.56 Å². The van der Waals surface area contributed by atoms with Crippen molar-refractivity contribution in [3.8, 4) is 17.2 Å². The molecule has 1 aromatic carbocycles. The van der Waals surface area contributed by atoms with Crippen LogP contribution in [0.3, 0.4) is 0 Å². The van der Waals surface area contributed by atoms with E-state index in [0.717, 1.165) is 22.7 Å². The average molecular weight is 350 g/mol. The van der Waals surface area contributed by atoms with E-state index in [1.807, 2.05) is 38.1 Å². The molecule has 0 spiro atoms. The van der Waals surface area contributed by atoms with Crippen LogP contribution >= 0.6 is 0 Å². The van der Waals surface area contributed by atoms with E-state index in [0.29, 0.717) is 23.7 Å². The number of methoxy groups -OCH3 is 1. The van der Waals surface area contributed by atoms with Crippen molar-refractivity contribution in [2.75, 3.05) is 7.11 Å². The molecule has 7 nitrogen and oxygen atoms in total. The van der Waals surface area contributed by atoms with Crippen LogP contribution in [0.4, 0.5) is 0 Å². The lowest BCUT2D eigenvalue weighted by atomic mass is 10.2. The molecule has 0 aliphatic heterocycles. The fraction of sp³-hybridized carbons (Fsp3) is 0.211. The quantitative estimate of drug-likeness (QED) is 0.566. The third-order valence-corrected chi connectivity index (χ3v) is 4.28. The lowest BCUT2D eigenvalue weighted by Crippen LogP contribution is -2.22. The van der Waals surface area contributed by atoms with Gasteiger partial charge in [0.1, 0.15) is 22.7 Å². The monoisotopic (exact) mass is 350 g/mol. The SMILES string of the molecule is COc1ccc(-c2nc(Cn3ccn4nc(C)cc4c3=O)c(C)o2)cc1. The van der Waals surface area contributed by atoms with Crippen molar-refractivity contribution in [3.05, 3.63) is 70.2 Å². The van der Waals surface area contributed by atoms with E-state index in [2.05, 4.69) is 10.1 Å². The second kappa shape index (κ2) is 6.18. The van der Waals surface area contributed by atoms with E-state index >= 15 is 0 Å². The highest BCUT2D eigenvalue weighted by molar-refractivity contribution is 5.55. The maximum Gasteiger partial charge on any atom is 0.276 e. The summed E-state index contributed by atoms with van der Waals surface area (Å²) in [5.74, 6) is 1.98. The first-order valence-corrected chi connectivity index (χ1v) is 8.21. The van der Waals surface area contributed by atoms with E-state index in [1.54, 1.807) is 34.7 Å². The zero-order valence-corrected chi connectivity index (χ0v) is 14.8. The van der Waals surface area contributed by atoms with Gasteiger partial charge in [0.15, 0.2) is 0 Å². The van der Waals surface area contributed by atoms with Crippen molar-refractivity contribution in [2.24, 2.45) is 0 Å². The van der Waals surface area contributed by atoms with Gasteiger partial charge < -0.3 is 13.7 Å². The molecule has 26 heavy (non-hydrogen) atoms.